The molecule has 2 rings (SSSR count). The van der Waals surface area contributed by atoms with E-state index in [2.05, 4.69) is 8.92 Å². The SMILES string of the molecule is COC(=O)c1cc(Cc2ccc(OC)cc2)c(C)c(Cl)c1OS(=O)(=O)C(F)(F)F. The fourth-order valence-corrected chi connectivity index (χ4v) is 3.22. The molecule has 11 heteroatoms. The molecule has 0 aliphatic rings. The van der Waals surface area contributed by atoms with Crippen molar-refractivity contribution in [2.45, 2.75) is 18.9 Å². The number of carbonyl (C=O) groups excluding carboxylic acids is 1. The lowest BCUT2D eigenvalue weighted by Crippen LogP contribution is -2.29. The molecule has 6 nitrogen and oxygen atoms in total. The molecule has 0 aliphatic carbocycles. The van der Waals surface area contributed by atoms with Crippen molar-refractivity contribution in [1.82, 2.24) is 0 Å². The summed E-state index contributed by atoms with van der Waals surface area (Å²) in [5.74, 6) is -1.41. The van der Waals surface area contributed by atoms with Crippen LogP contribution in [0.4, 0.5) is 13.2 Å². The zero-order valence-electron chi connectivity index (χ0n) is 15.5. The standard InChI is InChI=1S/C18H16ClF3O6S/c1-10-12(8-11-4-6-13(26-2)7-5-11)9-14(17(23)27-3)16(15(10)19)28-29(24,25)18(20,21)22/h4-7,9H,8H2,1-3H3. The summed E-state index contributed by atoms with van der Waals surface area (Å²) in [4.78, 5) is 12.1. The van der Waals surface area contributed by atoms with Crippen LogP contribution >= 0.6 is 11.6 Å². The Labute approximate surface area is 170 Å². The topological polar surface area (TPSA) is 78.9 Å². The molecule has 0 fully saturated rings. The number of hydrogen-bond donors (Lipinski definition) is 0. The van der Waals surface area contributed by atoms with E-state index in [1.54, 1.807) is 24.3 Å². The summed E-state index contributed by atoms with van der Waals surface area (Å²) in [6.07, 6.45) is 0.256. The van der Waals surface area contributed by atoms with Crippen molar-refractivity contribution in [1.29, 1.82) is 0 Å². The smallest absolute Gasteiger partial charge is 0.497 e. The second-order valence-corrected chi connectivity index (χ2v) is 7.77. The second kappa shape index (κ2) is 8.50. The van der Waals surface area contributed by atoms with Crippen molar-refractivity contribution in [2.24, 2.45) is 0 Å². The van der Waals surface area contributed by atoms with Gasteiger partial charge in [0.1, 0.15) is 11.3 Å². The van der Waals surface area contributed by atoms with Gasteiger partial charge in [0.25, 0.3) is 0 Å². The van der Waals surface area contributed by atoms with E-state index in [0.717, 1.165) is 12.7 Å². The van der Waals surface area contributed by atoms with Gasteiger partial charge in [-0.15, -0.1) is 0 Å². The first kappa shape index (κ1) is 22.8. The van der Waals surface area contributed by atoms with Crippen molar-refractivity contribution in [2.75, 3.05) is 14.2 Å². The molecule has 0 saturated carbocycles. The van der Waals surface area contributed by atoms with Crippen LogP contribution in [0.15, 0.2) is 30.3 Å². The van der Waals surface area contributed by atoms with Gasteiger partial charge in [0.2, 0.25) is 0 Å². The fourth-order valence-electron chi connectivity index (χ4n) is 2.42. The van der Waals surface area contributed by atoms with Crippen LogP contribution in [0.2, 0.25) is 5.02 Å². The first-order valence-corrected chi connectivity index (χ1v) is 9.74. The predicted molar refractivity (Wildman–Crippen MR) is 98.9 cm³/mol. The zero-order chi connectivity index (χ0) is 22.0. The molecular formula is C18H16ClF3O6S. The van der Waals surface area contributed by atoms with Crippen LogP contribution in [0.3, 0.4) is 0 Å². The van der Waals surface area contributed by atoms with Crippen molar-refractivity contribution in [3.8, 4) is 11.5 Å². The van der Waals surface area contributed by atoms with E-state index in [4.69, 9.17) is 16.3 Å². The van der Waals surface area contributed by atoms with Crippen molar-refractivity contribution in [3.05, 3.63) is 57.6 Å². The Morgan fingerprint density at radius 1 is 1.14 bits per heavy atom. The maximum absolute atomic E-state index is 12.7. The summed E-state index contributed by atoms with van der Waals surface area (Å²) in [5.41, 5.74) is -4.73. The zero-order valence-corrected chi connectivity index (χ0v) is 17.0. The van der Waals surface area contributed by atoms with E-state index < -0.39 is 37.9 Å². The molecule has 158 valence electrons. The molecule has 0 heterocycles. The lowest BCUT2D eigenvalue weighted by molar-refractivity contribution is -0.0500. The van der Waals surface area contributed by atoms with Crippen LogP contribution in [0.5, 0.6) is 11.5 Å². The van der Waals surface area contributed by atoms with Gasteiger partial charge in [0.15, 0.2) is 5.75 Å². The summed E-state index contributed by atoms with van der Waals surface area (Å²) >= 11 is 6.09. The van der Waals surface area contributed by atoms with Gasteiger partial charge in [-0.1, -0.05) is 23.7 Å². The van der Waals surface area contributed by atoms with Crippen molar-refractivity contribution < 1.29 is 40.0 Å². The number of benzene rings is 2. The van der Waals surface area contributed by atoms with E-state index in [1.807, 2.05) is 0 Å². The predicted octanol–water partition coefficient (Wildman–Crippen LogP) is 4.26. The third-order valence-electron chi connectivity index (χ3n) is 4.01. The van der Waals surface area contributed by atoms with Crippen LogP contribution in [-0.2, 0) is 21.3 Å². The number of ether oxygens (including phenoxy) is 2. The lowest BCUT2D eigenvalue weighted by Gasteiger charge is -2.17. The third-order valence-corrected chi connectivity index (χ3v) is 5.42. The monoisotopic (exact) mass is 452 g/mol. The molecule has 0 aromatic heterocycles. The van der Waals surface area contributed by atoms with Crippen LogP contribution in [0.25, 0.3) is 0 Å². The average molecular weight is 453 g/mol. The summed E-state index contributed by atoms with van der Waals surface area (Å²) < 4.78 is 74.7. The van der Waals surface area contributed by atoms with Gasteiger partial charge in [-0.05, 0) is 48.2 Å². The maximum atomic E-state index is 12.7. The minimum absolute atomic E-state index is 0.252. The van der Waals surface area contributed by atoms with Gasteiger partial charge in [-0.2, -0.15) is 21.6 Å². The molecule has 2 aromatic carbocycles. The van der Waals surface area contributed by atoms with Crippen LogP contribution in [0, 0.1) is 6.92 Å². The number of rotatable bonds is 6. The molecule has 0 radical (unpaired) electrons. The Morgan fingerprint density at radius 3 is 2.21 bits per heavy atom. The molecule has 29 heavy (non-hydrogen) atoms. The van der Waals surface area contributed by atoms with Gasteiger partial charge in [-0.25, -0.2) is 4.79 Å². The highest BCUT2D eigenvalue weighted by Crippen LogP contribution is 2.39. The summed E-state index contributed by atoms with van der Waals surface area (Å²) in [7, 11) is -3.54. The van der Waals surface area contributed by atoms with Crippen molar-refractivity contribution >= 4 is 27.7 Å². The van der Waals surface area contributed by atoms with Crippen LogP contribution in [-0.4, -0.2) is 34.1 Å². The van der Waals surface area contributed by atoms with Gasteiger partial charge in [0.05, 0.1) is 19.2 Å². The Bertz CT molecular complexity index is 1020. The van der Waals surface area contributed by atoms with E-state index >= 15 is 0 Å². The second-order valence-electron chi connectivity index (χ2n) is 5.85. The quantitative estimate of drug-likeness (QED) is 0.370. The Kier molecular flexibility index (Phi) is 6.69. The Morgan fingerprint density at radius 2 is 1.72 bits per heavy atom. The average Bonchev–Trinajstić information content (AvgIpc) is 2.66. The van der Waals surface area contributed by atoms with Gasteiger partial charge >= 0.3 is 21.6 Å². The summed E-state index contributed by atoms with van der Waals surface area (Å²) in [5, 5.41) is -0.441. The molecule has 0 spiro atoms. The molecule has 0 aliphatic heterocycles. The molecule has 0 atom stereocenters. The fraction of sp³-hybridized carbons (Fsp3) is 0.278. The van der Waals surface area contributed by atoms with Gasteiger partial charge in [0, 0.05) is 0 Å². The highest BCUT2D eigenvalue weighted by Gasteiger charge is 2.49. The highest BCUT2D eigenvalue weighted by molar-refractivity contribution is 7.88. The Balaban J connectivity index is 2.56. The van der Waals surface area contributed by atoms with Crippen molar-refractivity contribution in [3.63, 3.8) is 0 Å². The summed E-state index contributed by atoms with van der Waals surface area (Å²) in [6, 6.07) is 8.12. The lowest BCUT2D eigenvalue weighted by atomic mass is 9.97. The molecule has 0 saturated heterocycles. The number of halogens is 4. The summed E-state index contributed by atoms with van der Waals surface area (Å²) in [6.45, 7) is 1.47. The third kappa shape index (κ3) is 4.94. The van der Waals surface area contributed by atoms with Crippen LogP contribution < -0.4 is 8.92 Å². The number of alkyl halides is 3. The molecule has 0 unspecified atom stereocenters. The number of esters is 1. The number of carbonyl (C=O) groups is 1. The molecule has 0 amide bonds. The van der Waals surface area contributed by atoms with E-state index in [-0.39, 0.29) is 12.0 Å². The van der Waals surface area contributed by atoms with Crippen LogP contribution in [0.1, 0.15) is 27.0 Å². The first-order chi connectivity index (χ1) is 13.4. The molecular weight excluding hydrogens is 437 g/mol. The number of methoxy groups -OCH3 is 2. The maximum Gasteiger partial charge on any atom is 0.534 e. The molecule has 0 N–H and O–H groups in total. The Hall–Kier alpha value is -2.46. The van der Waals surface area contributed by atoms with Gasteiger partial charge in [-0.3, -0.25) is 0 Å². The first-order valence-electron chi connectivity index (χ1n) is 7.95. The van der Waals surface area contributed by atoms with E-state index in [1.165, 1.54) is 20.1 Å². The van der Waals surface area contributed by atoms with Gasteiger partial charge < -0.3 is 13.7 Å². The minimum Gasteiger partial charge on any atom is -0.497 e. The minimum atomic E-state index is -6.04. The normalized spacial score (nSPS) is 11.8. The number of hydrogen-bond acceptors (Lipinski definition) is 6. The van der Waals surface area contributed by atoms with E-state index in [9.17, 15) is 26.4 Å². The highest BCUT2D eigenvalue weighted by atomic mass is 35.5. The molecule has 2 aromatic rings. The van der Waals surface area contributed by atoms with E-state index in [0.29, 0.717) is 11.3 Å². The largest absolute Gasteiger partial charge is 0.534 e. The molecule has 0 bridgehead atoms.